The second-order valence-corrected chi connectivity index (χ2v) is 7.44. The fourth-order valence-electron chi connectivity index (χ4n) is 3.08. The lowest BCUT2D eigenvalue weighted by atomic mass is 10.1. The number of carbonyl (C=O) groups is 2. The molecule has 1 unspecified atom stereocenters. The summed E-state index contributed by atoms with van der Waals surface area (Å²) in [5.41, 5.74) is 0.695. The van der Waals surface area contributed by atoms with Gasteiger partial charge in [-0.3, -0.25) is 9.59 Å². The van der Waals surface area contributed by atoms with Gasteiger partial charge in [-0.25, -0.2) is 0 Å². The number of para-hydroxylation sites is 1. The first-order chi connectivity index (χ1) is 10.9. The molecule has 0 radical (unpaired) electrons. The van der Waals surface area contributed by atoms with E-state index in [2.05, 4.69) is 0 Å². The molecule has 2 aliphatic heterocycles. The highest BCUT2D eigenvalue weighted by atomic mass is 32.3. The van der Waals surface area contributed by atoms with Crippen molar-refractivity contribution in [3.8, 4) is 0 Å². The van der Waals surface area contributed by atoms with Crippen LogP contribution in [-0.2, 0) is 15.0 Å². The summed E-state index contributed by atoms with van der Waals surface area (Å²) >= 11 is 0. The van der Waals surface area contributed by atoms with Crippen LogP contribution >= 0.6 is 0 Å². The van der Waals surface area contributed by atoms with Crippen LogP contribution in [0.2, 0.25) is 0 Å². The van der Waals surface area contributed by atoms with E-state index in [0.29, 0.717) is 24.3 Å². The summed E-state index contributed by atoms with van der Waals surface area (Å²) in [4.78, 5) is 27.6. The minimum Gasteiger partial charge on any atom is -0.339 e. The molecule has 0 N–H and O–H groups in total. The molecule has 8 heteroatoms. The monoisotopic (exact) mass is 340 g/mol. The molecule has 2 heterocycles. The largest absolute Gasteiger partial charge is 0.339 e. The summed E-state index contributed by atoms with van der Waals surface area (Å²) in [5.74, 6) is -0.671. The fraction of sp³-hybridized carbons (Fsp3) is 0.467. The number of halogens is 1. The fourth-order valence-corrected chi connectivity index (χ4v) is 3.75. The zero-order valence-electron chi connectivity index (χ0n) is 12.4. The first-order valence-corrected chi connectivity index (χ1v) is 8.95. The average Bonchev–Trinajstić information content (AvgIpc) is 3.15. The van der Waals surface area contributed by atoms with Gasteiger partial charge in [-0.15, -0.1) is 3.89 Å². The molecule has 1 aromatic rings. The highest BCUT2D eigenvalue weighted by Gasteiger charge is 2.40. The molecule has 6 nitrogen and oxygen atoms in total. The molecular weight excluding hydrogens is 323 g/mol. The van der Waals surface area contributed by atoms with Crippen LogP contribution in [0.15, 0.2) is 24.3 Å². The summed E-state index contributed by atoms with van der Waals surface area (Å²) in [6, 6.07) is 6.56. The maximum absolute atomic E-state index is 13.2. The predicted octanol–water partition coefficient (Wildman–Crippen LogP) is 1.33. The van der Waals surface area contributed by atoms with E-state index in [-0.39, 0.29) is 12.5 Å². The third kappa shape index (κ3) is 3.08. The molecule has 2 amide bonds. The van der Waals surface area contributed by atoms with Gasteiger partial charge in [0, 0.05) is 26.1 Å². The van der Waals surface area contributed by atoms with E-state index < -0.39 is 27.8 Å². The molecule has 1 atom stereocenters. The van der Waals surface area contributed by atoms with Crippen LogP contribution in [0.1, 0.15) is 29.6 Å². The number of carbonyl (C=O) groups excluding carboxylic acids is 2. The topological polar surface area (TPSA) is 74.8 Å². The van der Waals surface area contributed by atoms with Gasteiger partial charge in [-0.05, 0) is 25.0 Å². The Kier molecular flexibility index (Phi) is 4.09. The van der Waals surface area contributed by atoms with Crippen molar-refractivity contribution in [2.75, 3.05) is 24.5 Å². The second-order valence-electron chi connectivity index (χ2n) is 5.82. The molecule has 0 spiro atoms. The number of amides is 2. The van der Waals surface area contributed by atoms with E-state index in [1.165, 1.54) is 4.90 Å². The summed E-state index contributed by atoms with van der Waals surface area (Å²) in [7, 11) is -4.78. The quantitative estimate of drug-likeness (QED) is 0.778. The van der Waals surface area contributed by atoms with Crippen molar-refractivity contribution < 1.29 is 21.9 Å². The number of hydrogen-bond donors (Lipinski definition) is 0. The van der Waals surface area contributed by atoms with Crippen molar-refractivity contribution >= 4 is 27.7 Å². The first kappa shape index (κ1) is 15.9. The summed E-state index contributed by atoms with van der Waals surface area (Å²) in [6.07, 6.45) is 1.49. The van der Waals surface area contributed by atoms with Crippen LogP contribution in [0.25, 0.3) is 0 Å². The van der Waals surface area contributed by atoms with Crippen LogP contribution in [0.5, 0.6) is 0 Å². The minimum atomic E-state index is -4.78. The number of nitrogens with zero attached hydrogens (tertiary/aromatic N) is 2. The number of anilines is 1. The van der Waals surface area contributed by atoms with Crippen LogP contribution < -0.4 is 4.90 Å². The normalized spacial score (nSPS) is 22.0. The Morgan fingerprint density at radius 1 is 1.17 bits per heavy atom. The van der Waals surface area contributed by atoms with Crippen molar-refractivity contribution in [2.24, 2.45) is 0 Å². The highest BCUT2D eigenvalue weighted by Crippen LogP contribution is 2.30. The van der Waals surface area contributed by atoms with Gasteiger partial charge in [0.15, 0.2) is 0 Å². The molecule has 2 saturated heterocycles. The highest BCUT2D eigenvalue weighted by molar-refractivity contribution is 7.87. The van der Waals surface area contributed by atoms with Crippen molar-refractivity contribution in [2.45, 2.75) is 24.5 Å². The number of benzene rings is 1. The maximum Gasteiger partial charge on any atom is 0.307 e. The van der Waals surface area contributed by atoms with Crippen LogP contribution in [0.3, 0.4) is 0 Å². The zero-order chi connectivity index (χ0) is 16.6. The Morgan fingerprint density at radius 3 is 2.43 bits per heavy atom. The molecular formula is C15H17FN2O4S. The molecule has 1 aromatic carbocycles. The lowest BCUT2D eigenvalue weighted by Gasteiger charge is -2.22. The zero-order valence-corrected chi connectivity index (χ0v) is 13.3. The van der Waals surface area contributed by atoms with Crippen LogP contribution in [0.4, 0.5) is 9.57 Å². The lowest BCUT2D eigenvalue weighted by molar-refractivity contribution is -0.117. The van der Waals surface area contributed by atoms with Crippen LogP contribution in [-0.4, -0.2) is 50.0 Å². The van der Waals surface area contributed by atoms with Crippen molar-refractivity contribution in [1.82, 2.24) is 4.90 Å². The lowest BCUT2D eigenvalue weighted by Crippen LogP contribution is -2.32. The average molecular weight is 340 g/mol. The Hall–Kier alpha value is -1.96. The smallest absolute Gasteiger partial charge is 0.307 e. The molecule has 124 valence electrons. The summed E-state index contributed by atoms with van der Waals surface area (Å²) < 4.78 is 35.3. The molecule has 0 saturated carbocycles. The Balaban J connectivity index is 1.91. The van der Waals surface area contributed by atoms with Crippen molar-refractivity contribution in [3.05, 3.63) is 29.8 Å². The molecule has 0 aromatic heterocycles. The predicted molar refractivity (Wildman–Crippen MR) is 82.4 cm³/mol. The molecule has 23 heavy (non-hydrogen) atoms. The van der Waals surface area contributed by atoms with Gasteiger partial charge in [0.1, 0.15) is 5.25 Å². The SMILES string of the molecule is O=C(c1ccccc1N1CC(S(=O)(=O)F)CC1=O)N1CCCC1. The third-order valence-corrected chi connectivity index (χ3v) is 5.42. The van der Waals surface area contributed by atoms with Gasteiger partial charge < -0.3 is 9.80 Å². The molecule has 0 aliphatic carbocycles. The van der Waals surface area contributed by atoms with Gasteiger partial charge >= 0.3 is 10.2 Å². The van der Waals surface area contributed by atoms with Gasteiger partial charge in [0.25, 0.3) is 5.91 Å². The van der Waals surface area contributed by atoms with Crippen molar-refractivity contribution in [3.63, 3.8) is 0 Å². The molecule has 2 fully saturated rings. The Bertz CT molecular complexity index is 744. The molecule has 0 bridgehead atoms. The van der Waals surface area contributed by atoms with E-state index in [9.17, 15) is 21.9 Å². The van der Waals surface area contributed by atoms with Gasteiger partial charge in [-0.1, -0.05) is 12.1 Å². The van der Waals surface area contributed by atoms with E-state index in [4.69, 9.17) is 0 Å². The van der Waals surface area contributed by atoms with E-state index in [1.54, 1.807) is 29.2 Å². The summed E-state index contributed by atoms with van der Waals surface area (Å²) in [6.45, 7) is 1.08. The van der Waals surface area contributed by atoms with Gasteiger partial charge in [0.2, 0.25) is 5.91 Å². The van der Waals surface area contributed by atoms with Crippen molar-refractivity contribution in [1.29, 1.82) is 0 Å². The minimum absolute atomic E-state index is 0.183. The maximum atomic E-state index is 13.2. The number of likely N-dealkylation sites (tertiary alicyclic amines) is 1. The Morgan fingerprint density at radius 2 is 1.83 bits per heavy atom. The van der Waals surface area contributed by atoms with E-state index in [1.807, 2.05) is 0 Å². The number of hydrogen-bond acceptors (Lipinski definition) is 4. The van der Waals surface area contributed by atoms with Gasteiger partial charge in [-0.2, -0.15) is 8.42 Å². The summed E-state index contributed by atoms with van der Waals surface area (Å²) in [5, 5.41) is -1.37. The van der Waals surface area contributed by atoms with E-state index in [0.717, 1.165) is 12.8 Å². The Labute approximate surface area is 134 Å². The second kappa shape index (κ2) is 5.92. The standard InChI is InChI=1S/C15H17FN2O4S/c16-23(21,22)11-9-14(19)18(10-11)13-6-2-1-5-12(13)15(20)17-7-3-4-8-17/h1-2,5-6,11H,3-4,7-10H2. The first-order valence-electron chi connectivity index (χ1n) is 7.50. The van der Waals surface area contributed by atoms with E-state index >= 15 is 0 Å². The van der Waals surface area contributed by atoms with Crippen LogP contribution in [0, 0.1) is 0 Å². The molecule has 3 rings (SSSR count). The van der Waals surface area contributed by atoms with Gasteiger partial charge in [0.05, 0.1) is 11.3 Å². The third-order valence-electron chi connectivity index (χ3n) is 4.31. The number of rotatable bonds is 3. The molecule has 2 aliphatic rings.